The van der Waals surface area contributed by atoms with Crippen LogP contribution in [0.5, 0.6) is 5.75 Å². The maximum absolute atomic E-state index is 13.5. The number of hydrogen-bond acceptors (Lipinski definition) is 6. The first kappa shape index (κ1) is 24.0. The van der Waals surface area contributed by atoms with Gasteiger partial charge >= 0.3 is 0 Å². The van der Waals surface area contributed by atoms with Crippen molar-refractivity contribution in [2.75, 3.05) is 57.4 Å². The Bertz CT molecular complexity index is 992. The first-order valence-corrected chi connectivity index (χ1v) is 12.1. The van der Waals surface area contributed by atoms with Crippen LogP contribution >= 0.6 is 0 Å². The van der Waals surface area contributed by atoms with Crippen molar-refractivity contribution in [1.82, 2.24) is 10.2 Å². The zero-order valence-corrected chi connectivity index (χ0v) is 19.4. The van der Waals surface area contributed by atoms with Crippen LogP contribution in [0.25, 0.3) is 0 Å². The molecule has 32 heavy (non-hydrogen) atoms. The van der Waals surface area contributed by atoms with Gasteiger partial charge in [-0.3, -0.25) is 14.0 Å². The normalized spacial score (nSPS) is 14.7. The number of carbonyl (C=O) groups excluding carboxylic acids is 1. The zero-order chi connectivity index (χ0) is 23.0. The summed E-state index contributed by atoms with van der Waals surface area (Å²) in [4.78, 5) is 15.2. The summed E-state index contributed by atoms with van der Waals surface area (Å²) in [5.74, 6) is 0.0188. The number of anilines is 1. The number of nitrogens with one attached hydrogen (secondary N) is 1. The molecular weight excluding hydrogens is 430 g/mol. The van der Waals surface area contributed by atoms with Crippen molar-refractivity contribution in [2.45, 2.75) is 18.2 Å². The number of morpholine rings is 1. The molecule has 2 aromatic carbocycles. The highest BCUT2D eigenvalue weighted by Gasteiger charge is 2.29. The van der Waals surface area contributed by atoms with Gasteiger partial charge in [0, 0.05) is 19.6 Å². The van der Waals surface area contributed by atoms with Crippen LogP contribution in [0.15, 0.2) is 53.4 Å². The number of nitrogens with zero attached hydrogens (tertiary/aromatic N) is 2. The van der Waals surface area contributed by atoms with E-state index in [1.807, 2.05) is 13.0 Å². The van der Waals surface area contributed by atoms with Crippen molar-refractivity contribution >= 4 is 21.6 Å². The van der Waals surface area contributed by atoms with E-state index in [-0.39, 0.29) is 17.3 Å². The van der Waals surface area contributed by atoms with Crippen LogP contribution < -0.4 is 14.4 Å². The van der Waals surface area contributed by atoms with Gasteiger partial charge in [-0.25, -0.2) is 8.42 Å². The molecule has 2 aromatic rings. The van der Waals surface area contributed by atoms with Gasteiger partial charge in [0.2, 0.25) is 5.91 Å². The highest BCUT2D eigenvalue weighted by Crippen LogP contribution is 2.33. The molecule has 1 aliphatic heterocycles. The predicted molar refractivity (Wildman–Crippen MR) is 124 cm³/mol. The average molecular weight is 462 g/mol. The smallest absolute Gasteiger partial charge is 0.264 e. The van der Waals surface area contributed by atoms with Crippen molar-refractivity contribution < 1.29 is 22.7 Å². The summed E-state index contributed by atoms with van der Waals surface area (Å²) in [5, 5.41) is 2.85. The van der Waals surface area contributed by atoms with Crippen LogP contribution in [0.3, 0.4) is 0 Å². The summed E-state index contributed by atoms with van der Waals surface area (Å²) in [6.07, 6.45) is 0.783. The largest absolute Gasteiger partial charge is 0.495 e. The fraction of sp³-hybridized carbons (Fsp3) is 0.435. The van der Waals surface area contributed by atoms with Crippen LogP contribution in [0.2, 0.25) is 0 Å². The average Bonchev–Trinajstić information content (AvgIpc) is 2.81. The Morgan fingerprint density at radius 2 is 1.88 bits per heavy atom. The SMILES string of the molecule is COc1ccc(C)cc1N(CC(=O)NCCCN1CCOCC1)S(=O)(=O)c1ccccc1. The van der Waals surface area contributed by atoms with Gasteiger partial charge in [-0.05, 0) is 49.7 Å². The maximum atomic E-state index is 13.5. The number of benzene rings is 2. The molecule has 1 saturated heterocycles. The van der Waals surface area contributed by atoms with E-state index in [1.54, 1.807) is 30.3 Å². The molecular formula is C23H31N3O5S. The minimum atomic E-state index is -3.98. The first-order chi connectivity index (χ1) is 15.4. The van der Waals surface area contributed by atoms with Crippen molar-refractivity contribution in [3.63, 3.8) is 0 Å². The number of hydrogen-bond donors (Lipinski definition) is 1. The molecule has 0 unspecified atom stereocenters. The third-order valence-electron chi connectivity index (χ3n) is 5.30. The Labute approximate surface area is 190 Å². The summed E-state index contributed by atoms with van der Waals surface area (Å²) in [7, 11) is -2.50. The number of aryl methyl sites for hydroxylation is 1. The van der Waals surface area contributed by atoms with Gasteiger partial charge in [0.1, 0.15) is 12.3 Å². The monoisotopic (exact) mass is 461 g/mol. The lowest BCUT2D eigenvalue weighted by atomic mass is 10.2. The van der Waals surface area contributed by atoms with E-state index < -0.39 is 10.0 Å². The third kappa shape index (κ3) is 6.21. The Morgan fingerprint density at radius 3 is 2.56 bits per heavy atom. The summed E-state index contributed by atoms with van der Waals surface area (Å²) in [6, 6.07) is 13.4. The van der Waals surface area contributed by atoms with E-state index in [1.165, 1.54) is 19.2 Å². The lowest BCUT2D eigenvalue weighted by Gasteiger charge is -2.27. The molecule has 1 fully saturated rings. The van der Waals surface area contributed by atoms with Crippen molar-refractivity contribution in [1.29, 1.82) is 0 Å². The second-order valence-corrected chi connectivity index (χ2v) is 9.52. The Hall–Kier alpha value is -2.62. The molecule has 3 rings (SSSR count). The summed E-state index contributed by atoms with van der Waals surface area (Å²) < 4.78 is 38.8. The van der Waals surface area contributed by atoms with E-state index in [0.717, 1.165) is 49.1 Å². The fourth-order valence-corrected chi connectivity index (χ4v) is 5.00. The lowest BCUT2D eigenvalue weighted by Crippen LogP contribution is -2.42. The number of amides is 1. The lowest BCUT2D eigenvalue weighted by molar-refractivity contribution is -0.119. The zero-order valence-electron chi connectivity index (χ0n) is 18.6. The molecule has 174 valence electrons. The Kier molecular flexibility index (Phi) is 8.49. The van der Waals surface area contributed by atoms with E-state index in [0.29, 0.717) is 18.0 Å². The van der Waals surface area contributed by atoms with Crippen LogP contribution in [0.1, 0.15) is 12.0 Å². The van der Waals surface area contributed by atoms with Crippen LogP contribution in [0, 0.1) is 6.92 Å². The highest BCUT2D eigenvalue weighted by atomic mass is 32.2. The number of rotatable bonds is 10. The standard InChI is InChI=1S/C23H31N3O5S/c1-19-9-10-22(30-2)21(17-19)26(32(28,29)20-7-4-3-5-8-20)18-23(27)24-11-6-12-25-13-15-31-16-14-25/h3-5,7-10,17H,6,11-16,18H2,1-2H3,(H,24,27). The molecule has 1 heterocycles. The molecule has 0 radical (unpaired) electrons. The van der Waals surface area contributed by atoms with Gasteiger partial charge < -0.3 is 14.8 Å². The Balaban J connectivity index is 1.74. The quantitative estimate of drug-likeness (QED) is 0.545. The second-order valence-electron chi connectivity index (χ2n) is 7.66. The van der Waals surface area contributed by atoms with Gasteiger partial charge in [0.25, 0.3) is 10.0 Å². The fourth-order valence-electron chi connectivity index (χ4n) is 3.56. The van der Waals surface area contributed by atoms with Crippen molar-refractivity contribution in [2.24, 2.45) is 0 Å². The minimum absolute atomic E-state index is 0.115. The van der Waals surface area contributed by atoms with E-state index in [2.05, 4.69) is 10.2 Å². The van der Waals surface area contributed by atoms with Crippen LogP contribution in [0.4, 0.5) is 5.69 Å². The summed E-state index contributed by atoms with van der Waals surface area (Å²) in [6.45, 7) is 6.11. The van der Waals surface area contributed by atoms with E-state index in [4.69, 9.17) is 9.47 Å². The van der Waals surface area contributed by atoms with Crippen molar-refractivity contribution in [3.8, 4) is 5.75 Å². The summed E-state index contributed by atoms with van der Waals surface area (Å²) >= 11 is 0. The molecule has 0 bridgehead atoms. The molecule has 0 atom stereocenters. The van der Waals surface area contributed by atoms with Gasteiger partial charge in [-0.2, -0.15) is 0 Å². The molecule has 8 nitrogen and oxygen atoms in total. The van der Waals surface area contributed by atoms with Gasteiger partial charge in [0.15, 0.2) is 0 Å². The van der Waals surface area contributed by atoms with Gasteiger partial charge in [-0.1, -0.05) is 24.3 Å². The molecule has 1 N–H and O–H groups in total. The minimum Gasteiger partial charge on any atom is -0.495 e. The highest BCUT2D eigenvalue weighted by molar-refractivity contribution is 7.92. The molecule has 9 heteroatoms. The number of carbonyl (C=O) groups is 1. The first-order valence-electron chi connectivity index (χ1n) is 10.7. The van der Waals surface area contributed by atoms with Crippen LogP contribution in [-0.4, -0.2) is 72.3 Å². The predicted octanol–water partition coefficient (Wildman–Crippen LogP) is 2.04. The summed E-state index contributed by atoms with van der Waals surface area (Å²) in [5.41, 5.74) is 1.19. The van der Waals surface area contributed by atoms with Crippen molar-refractivity contribution in [3.05, 3.63) is 54.1 Å². The number of sulfonamides is 1. The molecule has 1 aliphatic rings. The maximum Gasteiger partial charge on any atom is 0.264 e. The van der Waals surface area contributed by atoms with Gasteiger partial charge in [0.05, 0.1) is 30.9 Å². The number of methoxy groups -OCH3 is 1. The molecule has 0 spiro atoms. The Morgan fingerprint density at radius 1 is 1.16 bits per heavy atom. The van der Waals surface area contributed by atoms with E-state index in [9.17, 15) is 13.2 Å². The van der Waals surface area contributed by atoms with E-state index >= 15 is 0 Å². The molecule has 0 saturated carbocycles. The second kappa shape index (κ2) is 11.3. The molecule has 0 aliphatic carbocycles. The molecule has 0 aromatic heterocycles. The molecule has 1 amide bonds. The third-order valence-corrected chi connectivity index (χ3v) is 7.07. The van der Waals surface area contributed by atoms with Crippen LogP contribution in [-0.2, 0) is 19.6 Å². The number of ether oxygens (including phenoxy) is 2. The van der Waals surface area contributed by atoms with Gasteiger partial charge in [-0.15, -0.1) is 0 Å². The topological polar surface area (TPSA) is 88.2 Å².